The fourth-order valence-corrected chi connectivity index (χ4v) is 2.88. The number of fused-ring (bicyclic) bond motifs is 1. The maximum absolute atomic E-state index is 12.6. The van der Waals surface area contributed by atoms with Crippen molar-refractivity contribution < 1.29 is 19.1 Å². The van der Waals surface area contributed by atoms with Gasteiger partial charge in [0.25, 0.3) is 0 Å². The molecule has 0 radical (unpaired) electrons. The van der Waals surface area contributed by atoms with Gasteiger partial charge in [-0.05, 0) is 25.0 Å². The summed E-state index contributed by atoms with van der Waals surface area (Å²) < 4.78 is 11.3. The van der Waals surface area contributed by atoms with Crippen molar-refractivity contribution >= 4 is 11.7 Å². The molecule has 1 saturated heterocycles. The molecule has 1 amide bonds. The predicted molar refractivity (Wildman–Crippen MR) is 79.6 cm³/mol. The molecule has 0 bridgehead atoms. The SMILES string of the molecule is NC(=O)c1ccc2c(c1)OC(C(=O)[C@H]1CCCOC1)CNC2. The Hall–Kier alpha value is -1.92. The fourth-order valence-electron chi connectivity index (χ4n) is 2.88. The van der Waals surface area contributed by atoms with Crippen LogP contribution in [0.25, 0.3) is 0 Å². The van der Waals surface area contributed by atoms with Gasteiger partial charge in [-0.25, -0.2) is 0 Å². The molecule has 2 aliphatic heterocycles. The predicted octanol–water partition coefficient (Wildman–Crippen LogP) is 0.632. The van der Waals surface area contributed by atoms with Gasteiger partial charge in [-0.2, -0.15) is 0 Å². The van der Waals surface area contributed by atoms with Gasteiger partial charge < -0.3 is 20.5 Å². The van der Waals surface area contributed by atoms with E-state index in [1.54, 1.807) is 18.2 Å². The number of hydrogen-bond donors (Lipinski definition) is 2. The highest BCUT2D eigenvalue weighted by molar-refractivity contribution is 5.93. The zero-order valence-electron chi connectivity index (χ0n) is 12.3. The molecule has 1 unspecified atom stereocenters. The Bertz CT molecular complexity index is 582. The topological polar surface area (TPSA) is 90.7 Å². The van der Waals surface area contributed by atoms with Crippen LogP contribution in [0.15, 0.2) is 18.2 Å². The van der Waals surface area contributed by atoms with Crippen molar-refractivity contribution in [3.05, 3.63) is 29.3 Å². The molecule has 0 spiro atoms. The molecule has 3 N–H and O–H groups in total. The van der Waals surface area contributed by atoms with Crippen LogP contribution in [0.5, 0.6) is 5.75 Å². The fraction of sp³-hybridized carbons (Fsp3) is 0.500. The zero-order chi connectivity index (χ0) is 15.5. The number of hydrogen-bond acceptors (Lipinski definition) is 5. The first-order chi connectivity index (χ1) is 10.6. The van der Waals surface area contributed by atoms with E-state index in [2.05, 4.69) is 5.32 Å². The van der Waals surface area contributed by atoms with Gasteiger partial charge >= 0.3 is 0 Å². The molecule has 1 fully saturated rings. The third-order valence-electron chi connectivity index (χ3n) is 4.15. The lowest BCUT2D eigenvalue weighted by Gasteiger charge is -2.25. The number of nitrogens with one attached hydrogen (secondary N) is 1. The number of ether oxygens (including phenoxy) is 2. The quantitative estimate of drug-likeness (QED) is 0.855. The Balaban J connectivity index is 1.79. The monoisotopic (exact) mass is 304 g/mol. The van der Waals surface area contributed by atoms with E-state index in [1.165, 1.54) is 0 Å². The Labute approximate surface area is 129 Å². The minimum absolute atomic E-state index is 0.0597. The lowest BCUT2D eigenvalue weighted by atomic mass is 9.94. The van der Waals surface area contributed by atoms with E-state index in [9.17, 15) is 9.59 Å². The standard InChI is InChI=1S/C16H20N2O4/c17-16(20)10-3-4-11-7-18-8-14(22-13(11)6-10)15(19)12-2-1-5-21-9-12/h3-4,6,12,14,18H,1-2,5,7-9H2,(H2,17,20)/t12-,14?/m0/s1. The van der Waals surface area contributed by atoms with Crippen LogP contribution in [0.4, 0.5) is 0 Å². The summed E-state index contributed by atoms with van der Waals surface area (Å²) >= 11 is 0. The third kappa shape index (κ3) is 3.13. The van der Waals surface area contributed by atoms with Gasteiger partial charge in [-0.1, -0.05) is 6.07 Å². The molecule has 0 aromatic heterocycles. The van der Waals surface area contributed by atoms with E-state index in [-0.39, 0.29) is 11.7 Å². The van der Waals surface area contributed by atoms with Crippen LogP contribution in [-0.2, 0) is 16.1 Å². The van der Waals surface area contributed by atoms with E-state index in [1.807, 2.05) is 0 Å². The number of primary amides is 1. The Morgan fingerprint density at radius 1 is 1.32 bits per heavy atom. The van der Waals surface area contributed by atoms with Crippen LogP contribution in [0.3, 0.4) is 0 Å². The highest BCUT2D eigenvalue weighted by Gasteiger charge is 2.31. The summed E-state index contributed by atoms with van der Waals surface area (Å²) in [6, 6.07) is 5.09. The summed E-state index contributed by atoms with van der Waals surface area (Å²) in [4.78, 5) is 23.9. The maximum atomic E-state index is 12.6. The van der Waals surface area contributed by atoms with E-state index in [4.69, 9.17) is 15.2 Å². The van der Waals surface area contributed by atoms with E-state index < -0.39 is 12.0 Å². The lowest BCUT2D eigenvalue weighted by Crippen LogP contribution is -2.41. The Morgan fingerprint density at radius 3 is 2.91 bits per heavy atom. The summed E-state index contributed by atoms with van der Waals surface area (Å²) in [7, 11) is 0. The maximum Gasteiger partial charge on any atom is 0.248 e. The molecular formula is C16H20N2O4. The molecule has 2 atom stereocenters. The smallest absolute Gasteiger partial charge is 0.248 e. The molecule has 1 aromatic carbocycles. The van der Waals surface area contributed by atoms with Crippen molar-refractivity contribution in [1.82, 2.24) is 5.32 Å². The van der Waals surface area contributed by atoms with Crippen molar-refractivity contribution in [2.24, 2.45) is 11.7 Å². The van der Waals surface area contributed by atoms with E-state index in [0.29, 0.717) is 31.0 Å². The number of carbonyl (C=O) groups excluding carboxylic acids is 2. The summed E-state index contributed by atoms with van der Waals surface area (Å²) in [6.45, 7) is 2.24. The molecule has 1 aromatic rings. The third-order valence-corrected chi connectivity index (χ3v) is 4.15. The summed E-state index contributed by atoms with van der Waals surface area (Å²) in [5.74, 6) is -0.00510. The number of carbonyl (C=O) groups is 2. The summed E-state index contributed by atoms with van der Waals surface area (Å²) in [6.07, 6.45) is 1.18. The molecule has 0 aliphatic carbocycles. The van der Waals surface area contributed by atoms with E-state index >= 15 is 0 Å². The van der Waals surface area contributed by atoms with Crippen molar-refractivity contribution in [1.29, 1.82) is 0 Å². The van der Waals surface area contributed by atoms with Gasteiger partial charge in [0.05, 0.1) is 6.61 Å². The van der Waals surface area contributed by atoms with Crippen molar-refractivity contribution in [3.63, 3.8) is 0 Å². The second-order valence-electron chi connectivity index (χ2n) is 5.74. The highest BCUT2D eigenvalue weighted by Crippen LogP contribution is 2.26. The minimum Gasteiger partial charge on any atom is -0.481 e. The number of Topliss-reactive ketones (excluding diaryl/α,β-unsaturated/α-hetero) is 1. The summed E-state index contributed by atoms with van der Waals surface area (Å²) in [5, 5.41) is 3.22. The number of ketones is 1. The van der Waals surface area contributed by atoms with Crippen molar-refractivity contribution in [2.75, 3.05) is 19.8 Å². The first-order valence-corrected chi connectivity index (χ1v) is 7.56. The van der Waals surface area contributed by atoms with Crippen molar-refractivity contribution in [2.45, 2.75) is 25.5 Å². The Kier molecular flexibility index (Phi) is 4.40. The number of rotatable bonds is 3. The first kappa shape index (κ1) is 15.0. The van der Waals surface area contributed by atoms with Crippen LogP contribution in [-0.4, -0.2) is 37.6 Å². The Morgan fingerprint density at radius 2 is 2.18 bits per heavy atom. The summed E-state index contributed by atoms with van der Waals surface area (Å²) in [5.41, 5.74) is 6.60. The molecule has 6 heteroatoms. The largest absolute Gasteiger partial charge is 0.481 e. The lowest BCUT2D eigenvalue weighted by molar-refractivity contribution is -0.133. The number of nitrogens with two attached hydrogens (primary N) is 1. The first-order valence-electron chi connectivity index (χ1n) is 7.56. The second-order valence-corrected chi connectivity index (χ2v) is 5.74. The average molecular weight is 304 g/mol. The molecule has 2 heterocycles. The van der Waals surface area contributed by atoms with E-state index in [0.717, 1.165) is 25.0 Å². The highest BCUT2D eigenvalue weighted by atomic mass is 16.5. The normalized spacial score (nSPS) is 24.7. The molecule has 3 rings (SSSR count). The van der Waals surface area contributed by atoms with Crippen LogP contribution in [0, 0.1) is 5.92 Å². The molecule has 0 saturated carbocycles. The zero-order valence-corrected chi connectivity index (χ0v) is 12.3. The van der Waals surface area contributed by atoms with Gasteiger partial charge in [-0.3, -0.25) is 9.59 Å². The van der Waals surface area contributed by atoms with Crippen LogP contribution < -0.4 is 15.8 Å². The number of benzene rings is 1. The molecule has 118 valence electrons. The molecule has 6 nitrogen and oxygen atoms in total. The minimum atomic E-state index is -0.559. The van der Waals surface area contributed by atoms with Gasteiger partial charge in [0.1, 0.15) is 5.75 Å². The second kappa shape index (κ2) is 6.46. The molecule has 2 aliphatic rings. The van der Waals surface area contributed by atoms with Crippen molar-refractivity contribution in [3.8, 4) is 5.75 Å². The van der Waals surface area contributed by atoms with Crippen LogP contribution >= 0.6 is 0 Å². The average Bonchev–Trinajstić information content (AvgIpc) is 2.76. The van der Waals surface area contributed by atoms with Crippen LogP contribution in [0.1, 0.15) is 28.8 Å². The van der Waals surface area contributed by atoms with Gasteiger partial charge in [-0.15, -0.1) is 0 Å². The number of amides is 1. The van der Waals surface area contributed by atoms with Gasteiger partial charge in [0.15, 0.2) is 11.9 Å². The molecular weight excluding hydrogens is 284 g/mol. The van der Waals surface area contributed by atoms with Crippen LogP contribution in [0.2, 0.25) is 0 Å². The van der Waals surface area contributed by atoms with Gasteiger partial charge in [0.2, 0.25) is 5.91 Å². The van der Waals surface area contributed by atoms with Gasteiger partial charge in [0, 0.05) is 36.7 Å². The molecule has 22 heavy (non-hydrogen) atoms.